The van der Waals surface area contributed by atoms with Gasteiger partial charge >= 0.3 is 0 Å². The number of halogens is 1. The lowest BCUT2D eigenvalue weighted by molar-refractivity contribution is 1.10. The maximum absolute atomic E-state index is 5.82. The van der Waals surface area contributed by atoms with Crippen molar-refractivity contribution in [2.75, 3.05) is 11.4 Å². The zero-order valence-electron chi connectivity index (χ0n) is 7.02. The van der Waals surface area contributed by atoms with Crippen LogP contribution in [0.2, 0.25) is 0 Å². The second-order valence-corrected chi connectivity index (χ2v) is 3.20. The molecule has 0 aliphatic carbocycles. The third kappa shape index (κ3) is 1.90. The predicted molar refractivity (Wildman–Crippen MR) is 56.2 cm³/mol. The van der Waals surface area contributed by atoms with Gasteiger partial charge in [0.15, 0.2) is 0 Å². The molecule has 0 spiro atoms. The Morgan fingerprint density at radius 2 is 2.00 bits per heavy atom. The Morgan fingerprint density at radius 1 is 1.23 bits per heavy atom. The maximum Gasteiger partial charge on any atom is 0.125 e. The molecule has 0 aromatic heterocycles. The van der Waals surface area contributed by atoms with Crippen LogP contribution in [0.15, 0.2) is 47.7 Å². The highest BCUT2D eigenvalue weighted by molar-refractivity contribution is 6.66. The van der Waals surface area contributed by atoms with Crippen molar-refractivity contribution in [3.05, 3.63) is 42.7 Å². The van der Waals surface area contributed by atoms with Crippen LogP contribution in [0, 0.1) is 0 Å². The molecule has 0 saturated heterocycles. The fraction of sp³-hybridized carbons (Fsp3) is 0.100. The molecule has 1 aliphatic heterocycles. The van der Waals surface area contributed by atoms with Crippen LogP contribution in [-0.2, 0) is 0 Å². The first-order valence-electron chi connectivity index (χ1n) is 4.07. The zero-order chi connectivity index (χ0) is 9.10. The van der Waals surface area contributed by atoms with E-state index in [-0.39, 0.29) is 0 Å². The van der Waals surface area contributed by atoms with Crippen molar-refractivity contribution < 1.29 is 0 Å². The van der Waals surface area contributed by atoms with E-state index in [4.69, 9.17) is 11.6 Å². The lowest BCUT2D eigenvalue weighted by Crippen LogP contribution is -2.23. The van der Waals surface area contributed by atoms with Gasteiger partial charge in [-0.3, -0.25) is 0 Å². The summed E-state index contributed by atoms with van der Waals surface area (Å²) >= 11 is 5.82. The summed E-state index contributed by atoms with van der Waals surface area (Å²) in [6.07, 6.45) is 3.63. The minimum absolute atomic E-state index is 0.617. The van der Waals surface area contributed by atoms with Crippen molar-refractivity contribution in [3.8, 4) is 0 Å². The molecule has 1 aromatic carbocycles. The van der Waals surface area contributed by atoms with Gasteiger partial charge in [-0.05, 0) is 12.1 Å². The number of rotatable bonds is 1. The van der Waals surface area contributed by atoms with Crippen LogP contribution in [0.1, 0.15) is 0 Å². The molecule has 0 radical (unpaired) electrons. The van der Waals surface area contributed by atoms with E-state index in [1.807, 2.05) is 36.5 Å². The first-order chi connectivity index (χ1) is 6.36. The summed E-state index contributed by atoms with van der Waals surface area (Å²) in [6, 6.07) is 10.1. The molecule has 1 heterocycles. The number of para-hydroxylation sites is 1. The SMILES string of the molecule is ClC1=NC=CN(c2ccccc2)C1. The molecule has 2 rings (SSSR count). The van der Waals surface area contributed by atoms with Crippen LogP contribution in [0.5, 0.6) is 0 Å². The van der Waals surface area contributed by atoms with Gasteiger partial charge < -0.3 is 4.90 Å². The summed E-state index contributed by atoms with van der Waals surface area (Å²) < 4.78 is 0. The van der Waals surface area contributed by atoms with Gasteiger partial charge in [0.2, 0.25) is 0 Å². The van der Waals surface area contributed by atoms with Gasteiger partial charge in [-0.1, -0.05) is 29.8 Å². The van der Waals surface area contributed by atoms with Gasteiger partial charge in [0, 0.05) is 18.1 Å². The molecule has 0 atom stereocenters. The van der Waals surface area contributed by atoms with E-state index in [1.54, 1.807) is 6.20 Å². The molecule has 3 heteroatoms. The van der Waals surface area contributed by atoms with Crippen LogP contribution >= 0.6 is 11.6 Å². The minimum atomic E-state index is 0.617. The highest BCUT2D eigenvalue weighted by Gasteiger charge is 2.07. The van der Waals surface area contributed by atoms with Gasteiger partial charge in [0.1, 0.15) is 5.17 Å². The van der Waals surface area contributed by atoms with E-state index in [0.717, 1.165) is 5.69 Å². The average Bonchev–Trinajstić information content (AvgIpc) is 2.19. The molecule has 13 heavy (non-hydrogen) atoms. The largest absolute Gasteiger partial charge is 0.339 e. The van der Waals surface area contributed by atoms with Crippen LogP contribution in [0.3, 0.4) is 0 Å². The average molecular weight is 193 g/mol. The number of anilines is 1. The third-order valence-electron chi connectivity index (χ3n) is 1.85. The lowest BCUT2D eigenvalue weighted by atomic mass is 10.3. The molecular weight excluding hydrogens is 184 g/mol. The summed E-state index contributed by atoms with van der Waals surface area (Å²) in [5.41, 5.74) is 1.13. The number of benzene rings is 1. The fourth-order valence-electron chi connectivity index (χ4n) is 1.23. The quantitative estimate of drug-likeness (QED) is 0.668. The van der Waals surface area contributed by atoms with Crippen molar-refractivity contribution >= 4 is 22.5 Å². The van der Waals surface area contributed by atoms with E-state index < -0.39 is 0 Å². The Balaban J connectivity index is 2.21. The molecule has 0 bridgehead atoms. The summed E-state index contributed by atoms with van der Waals surface area (Å²) in [6.45, 7) is 0.655. The van der Waals surface area contributed by atoms with E-state index in [0.29, 0.717) is 11.7 Å². The van der Waals surface area contributed by atoms with Crippen LogP contribution in [0.25, 0.3) is 0 Å². The van der Waals surface area contributed by atoms with Crippen molar-refractivity contribution in [3.63, 3.8) is 0 Å². The first-order valence-corrected chi connectivity index (χ1v) is 4.44. The van der Waals surface area contributed by atoms with E-state index in [9.17, 15) is 0 Å². The standard InChI is InChI=1S/C10H9ClN2/c11-10-8-13(7-6-12-10)9-4-2-1-3-5-9/h1-7H,8H2. The molecule has 1 aliphatic rings. The van der Waals surface area contributed by atoms with Crippen molar-refractivity contribution in [2.24, 2.45) is 4.99 Å². The number of aliphatic imine (C=N–C) groups is 1. The van der Waals surface area contributed by atoms with E-state index >= 15 is 0 Å². The molecule has 2 nitrogen and oxygen atoms in total. The number of hydrogen-bond donors (Lipinski definition) is 0. The van der Waals surface area contributed by atoms with E-state index in [2.05, 4.69) is 9.89 Å². The molecular formula is C10H9ClN2. The zero-order valence-corrected chi connectivity index (χ0v) is 7.78. The fourth-order valence-corrected chi connectivity index (χ4v) is 1.41. The summed E-state index contributed by atoms with van der Waals surface area (Å²) in [7, 11) is 0. The van der Waals surface area contributed by atoms with Crippen LogP contribution in [-0.4, -0.2) is 11.7 Å². The van der Waals surface area contributed by atoms with Gasteiger partial charge in [-0.2, -0.15) is 0 Å². The van der Waals surface area contributed by atoms with E-state index in [1.165, 1.54) is 0 Å². The van der Waals surface area contributed by atoms with Crippen LogP contribution < -0.4 is 4.90 Å². The highest BCUT2D eigenvalue weighted by atomic mass is 35.5. The van der Waals surface area contributed by atoms with Crippen molar-refractivity contribution in [1.29, 1.82) is 0 Å². The summed E-state index contributed by atoms with van der Waals surface area (Å²) in [4.78, 5) is 6.02. The Labute approximate surface area is 82.2 Å². The Hall–Kier alpha value is -1.28. The van der Waals surface area contributed by atoms with Crippen molar-refractivity contribution in [1.82, 2.24) is 0 Å². The summed E-state index contributed by atoms with van der Waals surface area (Å²) in [5.74, 6) is 0. The Kier molecular flexibility index (Phi) is 2.32. The topological polar surface area (TPSA) is 15.6 Å². The monoisotopic (exact) mass is 192 g/mol. The molecule has 0 amide bonds. The first kappa shape index (κ1) is 8.32. The lowest BCUT2D eigenvalue weighted by Gasteiger charge is -2.21. The third-order valence-corrected chi connectivity index (χ3v) is 2.07. The minimum Gasteiger partial charge on any atom is -0.339 e. The summed E-state index contributed by atoms with van der Waals surface area (Å²) in [5, 5.41) is 0.617. The molecule has 66 valence electrons. The second-order valence-electron chi connectivity index (χ2n) is 2.77. The molecule has 1 aromatic rings. The highest BCUT2D eigenvalue weighted by Crippen LogP contribution is 2.16. The Bertz CT molecular complexity index is 343. The molecule has 0 unspecified atom stereocenters. The van der Waals surface area contributed by atoms with Gasteiger partial charge in [0.25, 0.3) is 0 Å². The number of nitrogens with zero attached hydrogens (tertiary/aromatic N) is 2. The predicted octanol–water partition coefficient (Wildman–Crippen LogP) is 2.62. The Morgan fingerprint density at radius 3 is 2.69 bits per heavy atom. The van der Waals surface area contributed by atoms with Gasteiger partial charge in [-0.15, -0.1) is 0 Å². The van der Waals surface area contributed by atoms with Gasteiger partial charge in [0.05, 0.1) is 6.54 Å². The van der Waals surface area contributed by atoms with Gasteiger partial charge in [-0.25, -0.2) is 4.99 Å². The molecule has 0 N–H and O–H groups in total. The van der Waals surface area contributed by atoms with Crippen molar-refractivity contribution in [2.45, 2.75) is 0 Å². The maximum atomic E-state index is 5.82. The van der Waals surface area contributed by atoms with Crippen LogP contribution in [0.4, 0.5) is 5.69 Å². The molecule has 0 saturated carbocycles. The molecule has 0 fully saturated rings. The smallest absolute Gasteiger partial charge is 0.125 e. The second kappa shape index (κ2) is 3.62. The number of hydrogen-bond acceptors (Lipinski definition) is 2. The normalized spacial score (nSPS) is 15.8.